The molecule has 1 aromatic heterocycles. The zero-order valence-electron chi connectivity index (χ0n) is 16.5. The number of hydrogen-bond donors (Lipinski definition) is 1. The summed E-state index contributed by atoms with van der Waals surface area (Å²) in [6, 6.07) is 12.5. The lowest BCUT2D eigenvalue weighted by atomic mass is 9.78. The van der Waals surface area contributed by atoms with Gasteiger partial charge in [-0.25, -0.2) is 0 Å². The maximum Gasteiger partial charge on any atom is 0.161 e. The molecule has 0 bridgehead atoms. The average molecular weight is 468 g/mol. The first-order valence-corrected chi connectivity index (χ1v) is 11.4. The van der Waals surface area contributed by atoms with Crippen LogP contribution in [0.1, 0.15) is 47.4 Å². The van der Waals surface area contributed by atoms with E-state index in [9.17, 15) is 10.1 Å². The molecule has 4 nitrogen and oxygen atoms in total. The van der Waals surface area contributed by atoms with Gasteiger partial charge in [-0.2, -0.15) is 5.26 Å². The van der Waals surface area contributed by atoms with Gasteiger partial charge in [-0.15, -0.1) is 11.3 Å². The number of hydrogen-bond acceptors (Lipinski definition) is 5. The van der Waals surface area contributed by atoms with Crippen LogP contribution in [0.25, 0.3) is 0 Å². The van der Waals surface area contributed by atoms with Crippen LogP contribution in [0.5, 0.6) is 0 Å². The van der Waals surface area contributed by atoms with E-state index in [4.69, 9.17) is 5.73 Å². The minimum absolute atomic E-state index is 0.128. The number of benzene rings is 1. The Bertz CT molecular complexity index is 1110. The Hall–Kier alpha value is -2.36. The maximum atomic E-state index is 13.1. The summed E-state index contributed by atoms with van der Waals surface area (Å²) in [7, 11) is 0. The fraction of sp³-hybridized carbons (Fsp3) is 0.304. The van der Waals surface area contributed by atoms with E-state index < -0.39 is 0 Å². The molecular formula is C23H22BrN3OS. The number of nitriles is 1. The van der Waals surface area contributed by atoms with Crippen molar-refractivity contribution in [2.75, 3.05) is 4.90 Å². The summed E-state index contributed by atoms with van der Waals surface area (Å²) in [5.41, 5.74) is 10.7. The summed E-state index contributed by atoms with van der Waals surface area (Å²) in [5.74, 6) is 0.200. The summed E-state index contributed by atoms with van der Waals surface area (Å²) < 4.78 is 0.983. The maximum absolute atomic E-state index is 13.1. The first kappa shape index (κ1) is 19.9. The molecule has 4 rings (SSSR count). The van der Waals surface area contributed by atoms with Crippen LogP contribution >= 0.6 is 27.3 Å². The van der Waals surface area contributed by atoms with Crippen molar-refractivity contribution in [1.29, 1.82) is 5.26 Å². The smallest absolute Gasteiger partial charge is 0.161 e. The van der Waals surface area contributed by atoms with Crippen LogP contribution < -0.4 is 10.6 Å². The lowest BCUT2D eigenvalue weighted by Crippen LogP contribution is -2.38. The molecule has 0 radical (unpaired) electrons. The van der Waals surface area contributed by atoms with Crippen molar-refractivity contribution in [2.24, 2.45) is 5.73 Å². The fourth-order valence-corrected chi connectivity index (χ4v) is 5.80. The molecule has 0 saturated heterocycles. The molecular weight excluding hydrogens is 446 g/mol. The molecule has 2 aliphatic rings. The normalized spacial score (nSPS) is 19.4. The van der Waals surface area contributed by atoms with Gasteiger partial charge in [-0.1, -0.05) is 22.9 Å². The number of carbonyl (C=O) groups is 1. The van der Waals surface area contributed by atoms with E-state index in [1.54, 1.807) is 11.3 Å². The highest BCUT2D eigenvalue weighted by Gasteiger charge is 2.41. The van der Waals surface area contributed by atoms with Gasteiger partial charge in [0.1, 0.15) is 5.82 Å². The molecule has 0 fully saturated rings. The van der Waals surface area contributed by atoms with E-state index in [0.29, 0.717) is 17.8 Å². The summed E-state index contributed by atoms with van der Waals surface area (Å²) in [6.45, 7) is 4.13. The third-order valence-corrected chi connectivity index (χ3v) is 7.42. The number of nitrogens with zero attached hydrogens (tertiary/aromatic N) is 2. The highest BCUT2D eigenvalue weighted by Crippen LogP contribution is 2.48. The van der Waals surface area contributed by atoms with Gasteiger partial charge >= 0.3 is 0 Å². The van der Waals surface area contributed by atoms with E-state index in [-0.39, 0.29) is 11.7 Å². The topological polar surface area (TPSA) is 70.1 Å². The number of allylic oxidation sites excluding steroid dienone is 3. The van der Waals surface area contributed by atoms with Crippen LogP contribution in [0, 0.1) is 18.3 Å². The number of Topliss-reactive ketones (excluding diaryl/α,β-unsaturated/α-hetero) is 1. The lowest BCUT2D eigenvalue weighted by Gasteiger charge is -2.39. The average Bonchev–Trinajstić information content (AvgIpc) is 3.17. The van der Waals surface area contributed by atoms with Crippen LogP contribution in [-0.4, -0.2) is 5.78 Å². The highest BCUT2D eigenvalue weighted by atomic mass is 79.9. The van der Waals surface area contributed by atoms with Gasteiger partial charge in [0, 0.05) is 31.9 Å². The largest absolute Gasteiger partial charge is 0.384 e. The molecule has 1 aliphatic carbocycles. The third kappa shape index (κ3) is 3.33. The van der Waals surface area contributed by atoms with Crippen molar-refractivity contribution in [2.45, 2.75) is 45.4 Å². The van der Waals surface area contributed by atoms with Crippen LogP contribution in [0.3, 0.4) is 0 Å². The first-order valence-electron chi connectivity index (χ1n) is 9.77. The van der Waals surface area contributed by atoms with Gasteiger partial charge in [0.15, 0.2) is 5.78 Å². The number of thiophene rings is 1. The number of carbonyl (C=O) groups excluding carboxylic acids is 1. The van der Waals surface area contributed by atoms with Crippen molar-refractivity contribution in [3.8, 4) is 6.07 Å². The summed E-state index contributed by atoms with van der Waals surface area (Å²) >= 11 is 5.18. The number of rotatable bonds is 3. The molecule has 1 atom stereocenters. The Kier molecular flexibility index (Phi) is 5.37. The fourth-order valence-electron chi connectivity index (χ4n) is 4.26. The van der Waals surface area contributed by atoms with Gasteiger partial charge < -0.3 is 5.73 Å². The Labute approximate surface area is 183 Å². The molecule has 2 heterocycles. The molecule has 2 N–H and O–H groups in total. The second kappa shape index (κ2) is 7.81. The Morgan fingerprint density at radius 1 is 1.31 bits per heavy atom. The second-order valence-corrected chi connectivity index (χ2v) is 9.52. The zero-order valence-corrected chi connectivity index (χ0v) is 18.9. The van der Waals surface area contributed by atoms with Crippen molar-refractivity contribution in [3.05, 3.63) is 72.8 Å². The molecule has 0 unspecified atom stereocenters. The SMILES string of the molecule is CCc1ccc([C@@H]2C(C#N)=C(N)N(c3ccc(Br)cc3C)C3=C2C(=O)CCC3)s1. The molecule has 148 valence electrons. The van der Waals surface area contributed by atoms with Crippen LogP contribution in [0.15, 0.2) is 57.5 Å². The molecule has 2 aromatic rings. The van der Waals surface area contributed by atoms with Gasteiger partial charge in [0.05, 0.1) is 23.2 Å². The number of anilines is 1. The van der Waals surface area contributed by atoms with Crippen molar-refractivity contribution in [3.63, 3.8) is 0 Å². The van der Waals surface area contributed by atoms with E-state index >= 15 is 0 Å². The Morgan fingerprint density at radius 2 is 2.10 bits per heavy atom. The van der Waals surface area contributed by atoms with Gasteiger partial charge in [0.25, 0.3) is 0 Å². The molecule has 0 spiro atoms. The second-order valence-electron chi connectivity index (χ2n) is 7.40. The van der Waals surface area contributed by atoms with Crippen molar-refractivity contribution >= 4 is 38.7 Å². The minimum atomic E-state index is -0.361. The van der Waals surface area contributed by atoms with Gasteiger partial charge in [-0.3, -0.25) is 9.69 Å². The molecule has 0 saturated carbocycles. The van der Waals surface area contributed by atoms with Crippen LogP contribution in [0.4, 0.5) is 5.69 Å². The van der Waals surface area contributed by atoms with Crippen molar-refractivity contribution in [1.82, 2.24) is 0 Å². The van der Waals surface area contributed by atoms with E-state index in [2.05, 4.69) is 35.0 Å². The zero-order chi connectivity index (χ0) is 20.7. The number of ketones is 1. The standard InChI is InChI=1S/C23H22BrN3OS/c1-3-15-8-10-20(29-15)21-16(12-25)23(26)27(17-9-7-14(24)11-13(17)2)18-5-4-6-19(28)22(18)21/h7-11,21H,3-6,26H2,1-2H3/t21-/m0/s1. The van der Waals surface area contributed by atoms with E-state index in [1.807, 2.05) is 36.1 Å². The molecule has 1 aliphatic heterocycles. The number of aryl methyl sites for hydroxylation is 2. The first-order chi connectivity index (χ1) is 14.0. The summed E-state index contributed by atoms with van der Waals surface area (Å²) in [5, 5.41) is 10.1. The molecule has 6 heteroatoms. The molecule has 0 amide bonds. The summed E-state index contributed by atoms with van der Waals surface area (Å²) in [4.78, 5) is 17.3. The van der Waals surface area contributed by atoms with E-state index in [0.717, 1.165) is 51.1 Å². The third-order valence-electron chi connectivity index (χ3n) is 5.63. The van der Waals surface area contributed by atoms with Crippen LogP contribution in [0.2, 0.25) is 0 Å². The van der Waals surface area contributed by atoms with Gasteiger partial charge in [-0.05, 0) is 62.1 Å². The summed E-state index contributed by atoms with van der Waals surface area (Å²) in [6.07, 6.45) is 3.03. The minimum Gasteiger partial charge on any atom is -0.384 e. The van der Waals surface area contributed by atoms with Gasteiger partial charge in [0.2, 0.25) is 0 Å². The lowest BCUT2D eigenvalue weighted by molar-refractivity contribution is -0.116. The number of halogens is 1. The van der Waals surface area contributed by atoms with E-state index in [1.165, 1.54) is 4.88 Å². The number of nitrogens with two attached hydrogens (primary N) is 1. The van der Waals surface area contributed by atoms with Crippen molar-refractivity contribution < 1.29 is 4.79 Å². The Morgan fingerprint density at radius 3 is 2.76 bits per heavy atom. The highest BCUT2D eigenvalue weighted by molar-refractivity contribution is 9.10. The Balaban J connectivity index is 1.96. The molecule has 1 aromatic carbocycles. The predicted molar refractivity (Wildman–Crippen MR) is 121 cm³/mol. The molecule has 29 heavy (non-hydrogen) atoms. The predicted octanol–water partition coefficient (Wildman–Crippen LogP) is 5.69. The quantitative estimate of drug-likeness (QED) is 0.629. The van der Waals surface area contributed by atoms with Crippen LogP contribution in [-0.2, 0) is 11.2 Å². The monoisotopic (exact) mass is 467 g/mol.